The summed E-state index contributed by atoms with van der Waals surface area (Å²) in [4.78, 5) is 5.24. The minimum Gasteiger partial charge on any atom is -0.380 e. The van der Waals surface area contributed by atoms with Crippen LogP contribution in [0.15, 0.2) is 23.8 Å². The van der Waals surface area contributed by atoms with Crippen molar-refractivity contribution in [2.24, 2.45) is 0 Å². The molecule has 0 bridgehead atoms. The topological polar surface area (TPSA) is 38.0 Å². The van der Waals surface area contributed by atoms with Crippen molar-refractivity contribution in [3.8, 4) is 0 Å². The van der Waals surface area contributed by atoms with E-state index < -0.39 is 6.10 Å². The van der Waals surface area contributed by atoms with Gasteiger partial charge in [-0.2, -0.15) is 0 Å². The lowest BCUT2D eigenvalue weighted by Crippen LogP contribution is -2.09. The fourth-order valence-electron chi connectivity index (χ4n) is 1.78. The van der Waals surface area contributed by atoms with Gasteiger partial charge in [0.15, 0.2) is 0 Å². The SMILES string of the molecule is CCCn1ccnc1C(O)c1sccc1C. The third kappa shape index (κ3) is 2.03. The van der Waals surface area contributed by atoms with Crippen LogP contribution in [0.5, 0.6) is 0 Å². The van der Waals surface area contributed by atoms with Crippen LogP contribution in [0, 0.1) is 6.92 Å². The second-order valence-corrected chi connectivity index (χ2v) is 4.80. The molecule has 1 unspecified atom stereocenters. The average Bonchev–Trinajstić information content (AvgIpc) is 2.87. The first kappa shape index (κ1) is 11.4. The highest BCUT2D eigenvalue weighted by Crippen LogP contribution is 2.28. The Morgan fingerprint density at radius 2 is 2.38 bits per heavy atom. The molecule has 1 atom stereocenters. The molecule has 0 aliphatic rings. The molecule has 4 heteroatoms. The second kappa shape index (κ2) is 4.80. The Labute approximate surface area is 99.4 Å². The molecule has 86 valence electrons. The molecule has 16 heavy (non-hydrogen) atoms. The zero-order valence-electron chi connectivity index (χ0n) is 9.55. The quantitative estimate of drug-likeness (QED) is 0.886. The Kier molecular flexibility index (Phi) is 3.41. The highest BCUT2D eigenvalue weighted by molar-refractivity contribution is 7.10. The highest BCUT2D eigenvalue weighted by atomic mass is 32.1. The van der Waals surface area contributed by atoms with Gasteiger partial charge in [0, 0.05) is 23.8 Å². The maximum Gasteiger partial charge on any atom is 0.146 e. The van der Waals surface area contributed by atoms with Crippen molar-refractivity contribution in [2.75, 3.05) is 0 Å². The van der Waals surface area contributed by atoms with Gasteiger partial charge in [0.25, 0.3) is 0 Å². The predicted molar refractivity (Wildman–Crippen MR) is 65.6 cm³/mol. The second-order valence-electron chi connectivity index (χ2n) is 3.85. The number of thiophene rings is 1. The molecular weight excluding hydrogens is 220 g/mol. The summed E-state index contributed by atoms with van der Waals surface area (Å²) in [6, 6.07) is 2.02. The number of hydrogen-bond donors (Lipinski definition) is 1. The van der Waals surface area contributed by atoms with Crippen molar-refractivity contribution in [3.63, 3.8) is 0 Å². The van der Waals surface area contributed by atoms with E-state index in [1.165, 1.54) is 0 Å². The first-order valence-electron chi connectivity index (χ1n) is 5.47. The molecule has 0 saturated heterocycles. The number of aliphatic hydroxyl groups excluding tert-OH is 1. The summed E-state index contributed by atoms with van der Waals surface area (Å²) >= 11 is 1.58. The highest BCUT2D eigenvalue weighted by Gasteiger charge is 2.18. The maximum absolute atomic E-state index is 10.3. The number of aromatic nitrogens is 2. The van der Waals surface area contributed by atoms with Crippen LogP contribution >= 0.6 is 11.3 Å². The number of hydrogen-bond acceptors (Lipinski definition) is 3. The molecule has 1 N–H and O–H groups in total. The van der Waals surface area contributed by atoms with Gasteiger partial charge in [0.05, 0.1) is 0 Å². The van der Waals surface area contributed by atoms with Crippen molar-refractivity contribution in [1.29, 1.82) is 0 Å². The van der Waals surface area contributed by atoms with Gasteiger partial charge < -0.3 is 9.67 Å². The van der Waals surface area contributed by atoms with Crippen molar-refractivity contribution >= 4 is 11.3 Å². The molecule has 0 aliphatic heterocycles. The lowest BCUT2D eigenvalue weighted by Gasteiger charge is -2.12. The van der Waals surface area contributed by atoms with Gasteiger partial charge in [0.2, 0.25) is 0 Å². The van der Waals surface area contributed by atoms with E-state index in [0.717, 1.165) is 29.2 Å². The fourth-order valence-corrected chi connectivity index (χ4v) is 2.69. The van der Waals surface area contributed by atoms with Crippen molar-refractivity contribution in [1.82, 2.24) is 9.55 Å². The molecule has 2 aromatic rings. The molecule has 0 fully saturated rings. The van der Waals surface area contributed by atoms with Crippen LogP contribution in [-0.2, 0) is 6.54 Å². The van der Waals surface area contributed by atoms with Gasteiger partial charge in [0.1, 0.15) is 11.9 Å². The van der Waals surface area contributed by atoms with E-state index in [2.05, 4.69) is 11.9 Å². The molecule has 2 heterocycles. The van der Waals surface area contributed by atoms with Crippen molar-refractivity contribution in [3.05, 3.63) is 40.1 Å². The molecule has 0 amide bonds. The van der Waals surface area contributed by atoms with Gasteiger partial charge in [-0.1, -0.05) is 6.92 Å². The lowest BCUT2D eigenvalue weighted by atomic mass is 10.2. The zero-order valence-corrected chi connectivity index (χ0v) is 10.4. The van der Waals surface area contributed by atoms with Crippen molar-refractivity contribution < 1.29 is 5.11 Å². The Morgan fingerprint density at radius 1 is 1.56 bits per heavy atom. The van der Waals surface area contributed by atoms with Crippen LogP contribution in [0.1, 0.15) is 35.7 Å². The van der Waals surface area contributed by atoms with Crippen LogP contribution in [0.3, 0.4) is 0 Å². The number of rotatable bonds is 4. The van der Waals surface area contributed by atoms with Crippen LogP contribution in [-0.4, -0.2) is 14.7 Å². The summed E-state index contributed by atoms with van der Waals surface area (Å²) in [6.07, 6.45) is 4.11. The molecule has 2 aromatic heterocycles. The first-order valence-corrected chi connectivity index (χ1v) is 6.35. The molecule has 3 nitrogen and oxygen atoms in total. The Balaban J connectivity index is 2.30. The van der Waals surface area contributed by atoms with Crippen LogP contribution in [0.4, 0.5) is 0 Å². The van der Waals surface area contributed by atoms with E-state index in [4.69, 9.17) is 0 Å². The van der Waals surface area contributed by atoms with Crippen LogP contribution < -0.4 is 0 Å². The number of imidazole rings is 1. The molecule has 2 rings (SSSR count). The normalized spacial score (nSPS) is 12.9. The van der Waals surface area contributed by atoms with Gasteiger partial charge in [-0.15, -0.1) is 11.3 Å². The predicted octanol–water partition coefficient (Wildman–Crippen LogP) is 2.74. The molecule has 0 radical (unpaired) electrons. The smallest absolute Gasteiger partial charge is 0.146 e. The summed E-state index contributed by atoms with van der Waals surface area (Å²) in [6.45, 7) is 5.03. The first-order chi connectivity index (χ1) is 7.74. The van der Waals surface area contributed by atoms with E-state index in [-0.39, 0.29) is 0 Å². The largest absolute Gasteiger partial charge is 0.380 e. The Morgan fingerprint density at radius 3 is 3.00 bits per heavy atom. The van der Waals surface area contributed by atoms with E-state index in [0.29, 0.717) is 0 Å². The standard InChI is InChI=1S/C12H16N2OS/c1-3-6-14-7-5-13-12(14)10(15)11-9(2)4-8-16-11/h4-5,7-8,10,15H,3,6H2,1-2H3. The van der Waals surface area contributed by atoms with Gasteiger partial charge in [-0.05, 0) is 30.4 Å². The van der Waals surface area contributed by atoms with E-state index >= 15 is 0 Å². The van der Waals surface area contributed by atoms with E-state index in [9.17, 15) is 5.11 Å². The van der Waals surface area contributed by atoms with E-state index in [1.807, 2.05) is 29.1 Å². The molecule has 0 spiro atoms. The molecule has 0 aliphatic carbocycles. The summed E-state index contributed by atoms with van der Waals surface area (Å²) in [7, 11) is 0. The number of aliphatic hydroxyl groups is 1. The van der Waals surface area contributed by atoms with Crippen LogP contribution in [0.2, 0.25) is 0 Å². The average molecular weight is 236 g/mol. The van der Waals surface area contributed by atoms with Gasteiger partial charge in [-0.3, -0.25) is 0 Å². The molecule has 0 aromatic carbocycles. The summed E-state index contributed by atoms with van der Waals surface area (Å²) < 4.78 is 2.02. The molecular formula is C12H16N2OS. The zero-order chi connectivity index (χ0) is 11.5. The lowest BCUT2D eigenvalue weighted by molar-refractivity contribution is 0.207. The summed E-state index contributed by atoms with van der Waals surface area (Å²) in [5, 5.41) is 12.3. The van der Waals surface area contributed by atoms with Gasteiger partial charge >= 0.3 is 0 Å². The minimum absolute atomic E-state index is 0.596. The van der Waals surface area contributed by atoms with Crippen molar-refractivity contribution in [2.45, 2.75) is 32.9 Å². The third-order valence-electron chi connectivity index (χ3n) is 2.61. The molecule has 0 saturated carbocycles. The fraction of sp³-hybridized carbons (Fsp3) is 0.417. The Hall–Kier alpha value is -1.13. The maximum atomic E-state index is 10.3. The third-order valence-corrected chi connectivity index (χ3v) is 3.68. The summed E-state index contributed by atoms with van der Waals surface area (Å²) in [5.41, 5.74) is 1.13. The number of aryl methyl sites for hydroxylation is 2. The van der Waals surface area contributed by atoms with E-state index in [1.54, 1.807) is 17.5 Å². The van der Waals surface area contributed by atoms with Crippen LogP contribution in [0.25, 0.3) is 0 Å². The number of nitrogens with zero attached hydrogens (tertiary/aromatic N) is 2. The summed E-state index contributed by atoms with van der Waals surface area (Å²) in [5.74, 6) is 0.743. The monoisotopic (exact) mass is 236 g/mol. The minimum atomic E-state index is -0.596. The van der Waals surface area contributed by atoms with Gasteiger partial charge in [-0.25, -0.2) is 4.98 Å². The Bertz CT molecular complexity index is 461.